The summed E-state index contributed by atoms with van der Waals surface area (Å²) in [4.78, 5) is 13.3. The molecule has 184 valence electrons. The smallest absolute Gasteiger partial charge is 0.264 e. The van der Waals surface area contributed by atoms with Crippen molar-refractivity contribution in [2.24, 2.45) is 0 Å². The van der Waals surface area contributed by atoms with Gasteiger partial charge in [-0.15, -0.1) is 0 Å². The lowest BCUT2D eigenvalue weighted by molar-refractivity contribution is -0.114. The number of rotatable bonds is 8. The average Bonchev–Trinajstić information content (AvgIpc) is 2.86. The molecule has 0 bridgehead atoms. The zero-order valence-corrected chi connectivity index (χ0v) is 21.4. The number of ether oxygens (including phenoxy) is 1. The van der Waals surface area contributed by atoms with E-state index in [0.717, 1.165) is 15.4 Å². The monoisotopic (exact) mass is 520 g/mol. The van der Waals surface area contributed by atoms with Gasteiger partial charge in [0.2, 0.25) is 5.91 Å². The summed E-state index contributed by atoms with van der Waals surface area (Å²) >= 11 is 6.30. The summed E-state index contributed by atoms with van der Waals surface area (Å²) in [6, 6.07) is 27.5. The highest BCUT2D eigenvalue weighted by Gasteiger charge is 2.28. The lowest BCUT2D eigenvalue weighted by Crippen LogP contribution is -2.38. The first-order valence-corrected chi connectivity index (χ1v) is 13.0. The number of nitrogens with zero attached hydrogens (tertiary/aromatic N) is 1. The predicted molar refractivity (Wildman–Crippen MR) is 143 cm³/mol. The number of hydrogen-bond donors (Lipinski definition) is 1. The Kier molecular flexibility index (Phi) is 7.62. The first-order valence-electron chi connectivity index (χ1n) is 11.2. The highest BCUT2D eigenvalue weighted by atomic mass is 35.5. The number of carbonyl (C=O) groups is 1. The molecule has 0 fully saturated rings. The number of halogens is 1. The Morgan fingerprint density at radius 1 is 0.889 bits per heavy atom. The van der Waals surface area contributed by atoms with Gasteiger partial charge in [0, 0.05) is 5.02 Å². The van der Waals surface area contributed by atoms with Crippen LogP contribution in [0, 0.1) is 13.8 Å². The third-order valence-corrected chi connectivity index (χ3v) is 7.67. The summed E-state index contributed by atoms with van der Waals surface area (Å²) < 4.78 is 34.2. The Labute approximate surface area is 216 Å². The minimum Gasteiger partial charge on any atom is -0.455 e. The normalized spacial score (nSPS) is 11.1. The van der Waals surface area contributed by atoms with Gasteiger partial charge in [-0.05, 0) is 67.9 Å². The van der Waals surface area contributed by atoms with Crippen LogP contribution in [0.5, 0.6) is 11.5 Å². The number of hydrogen-bond acceptors (Lipinski definition) is 4. The number of amides is 1. The van der Waals surface area contributed by atoms with Gasteiger partial charge in [0.15, 0.2) is 5.75 Å². The van der Waals surface area contributed by atoms with Crippen LogP contribution in [-0.2, 0) is 14.8 Å². The quantitative estimate of drug-likeness (QED) is 0.284. The Hall–Kier alpha value is -3.81. The van der Waals surface area contributed by atoms with Crippen LogP contribution < -0.4 is 14.4 Å². The molecule has 4 aromatic rings. The number of carbonyl (C=O) groups excluding carboxylic acids is 1. The van der Waals surface area contributed by atoms with Crippen LogP contribution in [0.25, 0.3) is 0 Å². The molecule has 0 spiro atoms. The van der Waals surface area contributed by atoms with Crippen molar-refractivity contribution in [2.75, 3.05) is 16.2 Å². The molecule has 0 radical (unpaired) electrons. The first kappa shape index (κ1) is 25.3. The van der Waals surface area contributed by atoms with E-state index < -0.39 is 22.5 Å². The van der Waals surface area contributed by atoms with E-state index in [0.29, 0.717) is 22.2 Å². The summed E-state index contributed by atoms with van der Waals surface area (Å²) in [6.45, 7) is 3.23. The second-order valence-electron chi connectivity index (χ2n) is 8.22. The zero-order valence-electron chi connectivity index (χ0n) is 19.8. The van der Waals surface area contributed by atoms with Gasteiger partial charge in [0.1, 0.15) is 12.3 Å². The van der Waals surface area contributed by atoms with Crippen molar-refractivity contribution in [3.05, 3.63) is 113 Å². The lowest BCUT2D eigenvalue weighted by Gasteiger charge is -2.25. The van der Waals surface area contributed by atoms with E-state index in [-0.39, 0.29) is 10.6 Å². The largest absolute Gasteiger partial charge is 0.455 e. The van der Waals surface area contributed by atoms with Gasteiger partial charge in [-0.2, -0.15) is 0 Å². The van der Waals surface area contributed by atoms with Crippen molar-refractivity contribution in [1.29, 1.82) is 0 Å². The fourth-order valence-electron chi connectivity index (χ4n) is 3.48. The summed E-state index contributed by atoms with van der Waals surface area (Å²) in [5.74, 6) is 0.506. The van der Waals surface area contributed by atoms with Crippen LogP contribution in [0.4, 0.5) is 11.4 Å². The van der Waals surface area contributed by atoms with Gasteiger partial charge < -0.3 is 10.1 Å². The first-order chi connectivity index (χ1) is 17.2. The zero-order chi connectivity index (χ0) is 25.7. The minimum absolute atomic E-state index is 0.0745. The Balaban J connectivity index is 1.64. The van der Waals surface area contributed by atoms with Crippen LogP contribution in [0.3, 0.4) is 0 Å². The molecule has 0 heterocycles. The van der Waals surface area contributed by atoms with E-state index in [2.05, 4.69) is 5.32 Å². The second kappa shape index (κ2) is 10.8. The SMILES string of the molecule is Cc1ccc(S(=O)(=O)N(CC(=O)Nc2ccccc2Oc2ccccc2)c2ccc(C)c(Cl)c2)cc1. The highest BCUT2D eigenvalue weighted by Crippen LogP contribution is 2.31. The van der Waals surface area contributed by atoms with Crippen LogP contribution in [0.2, 0.25) is 5.02 Å². The van der Waals surface area contributed by atoms with E-state index in [9.17, 15) is 13.2 Å². The van der Waals surface area contributed by atoms with Crippen LogP contribution in [0.15, 0.2) is 102 Å². The van der Waals surface area contributed by atoms with Crippen LogP contribution in [0.1, 0.15) is 11.1 Å². The van der Waals surface area contributed by atoms with Crippen molar-refractivity contribution < 1.29 is 17.9 Å². The maximum Gasteiger partial charge on any atom is 0.264 e. The van der Waals surface area contributed by atoms with Crippen LogP contribution in [-0.4, -0.2) is 20.9 Å². The molecular formula is C28H25ClN2O4S. The van der Waals surface area contributed by atoms with Gasteiger partial charge in [0.25, 0.3) is 10.0 Å². The van der Waals surface area contributed by atoms with E-state index in [1.165, 1.54) is 12.1 Å². The molecule has 4 rings (SSSR count). The molecule has 36 heavy (non-hydrogen) atoms. The molecule has 6 nitrogen and oxygen atoms in total. The second-order valence-corrected chi connectivity index (χ2v) is 10.5. The number of aryl methyl sites for hydroxylation is 2. The molecule has 1 N–H and O–H groups in total. The van der Waals surface area contributed by atoms with E-state index >= 15 is 0 Å². The molecular weight excluding hydrogens is 496 g/mol. The van der Waals surface area contributed by atoms with Gasteiger partial charge in [-0.25, -0.2) is 8.42 Å². The number of benzene rings is 4. The fourth-order valence-corrected chi connectivity index (χ4v) is 5.07. The Bertz CT molecular complexity index is 1470. The molecule has 0 aliphatic heterocycles. The molecule has 1 amide bonds. The topological polar surface area (TPSA) is 75.7 Å². The number of nitrogens with one attached hydrogen (secondary N) is 1. The predicted octanol–water partition coefficient (Wildman–Crippen LogP) is 6.58. The van der Waals surface area contributed by atoms with E-state index in [1.54, 1.807) is 66.7 Å². The van der Waals surface area contributed by atoms with Crippen molar-refractivity contribution in [3.8, 4) is 11.5 Å². The summed E-state index contributed by atoms with van der Waals surface area (Å²) in [5.41, 5.74) is 2.42. The molecule has 8 heteroatoms. The van der Waals surface area contributed by atoms with Gasteiger partial charge >= 0.3 is 0 Å². The molecule has 0 aliphatic rings. The maximum absolute atomic E-state index is 13.6. The molecule has 0 aromatic heterocycles. The third kappa shape index (κ3) is 5.87. The van der Waals surface area contributed by atoms with Crippen molar-refractivity contribution in [3.63, 3.8) is 0 Å². The average molecular weight is 521 g/mol. The number of sulfonamides is 1. The van der Waals surface area contributed by atoms with Gasteiger partial charge in [-0.3, -0.25) is 9.10 Å². The highest BCUT2D eigenvalue weighted by molar-refractivity contribution is 7.92. The molecule has 4 aromatic carbocycles. The molecule has 0 saturated carbocycles. The minimum atomic E-state index is -4.06. The maximum atomic E-state index is 13.6. The Morgan fingerprint density at radius 3 is 2.25 bits per heavy atom. The fraction of sp³-hybridized carbons (Fsp3) is 0.107. The number of para-hydroxylation sites is 3. The summed E-state index contributed by atoms with van der Waals surface area (Å²) in [7, 11) is -4.06. The standard InChI is InChI=1S/C28H25ClN2O4S/c1-20-12-16-24(17-13-20)36(33,34)31(22-15-14-21(2)25(29)18-22)19-28(32)30-26-10-6-7-11-27(26)35-23-8-4-3-5-9-23/h3-18H,19H2,1-2H3,(H,30,32). The molecule has 0 unspecified atom stereocenters. The molecule has 0 atom stereocenters. The molecule has 0 aliphatic carbocycles. The van der Waals surface area contributed by atoms with E-state index in [1.807, 2.05) is 32.0 Å². The van der Waals surface area contributed by atoms with Crippen molar-refractivity contribution in [2.45, 2.75) is 18.7 Å². The summed E-state index contributed by atoms with van der Waals surface area (Å²) in [5, 5.41) is 3.19. The molecule has 0 saturated heterocycles. The van der Waals surface area contributed by atoms with Crippen molar-refractivity contribution >= 4 is 38.9 Å². The van der Waals surface area contributed by atoms with Crippen molar-refractivity contribution in [1.82, 2.24) is 0 Å². The van der Waals surface area contributed by atoms with E-state index in [4.69, 9.17) is 16.3 Å². The Morgan fingerprint density at radius 2 is 1.56 bits per heavy atom. The third-order valence-electron chi connectivity index (χ3n) is 5.47. The van der Waals surface area contributed by atoms with Gasteiger partial charge in [0.05, 0.1) is 16.3 Å². The van der Waals surface area contributed by atoms with Gasteiger partial charge in [-0.1, -0.05) is 65.7 Å². The van der Waals surface area contributed by atoms with Crippen LogP contribution >= 0.6 is 11.6 Å². The lowest BCUT2D eigenvalue weighted by atomic mass is 10.2. The number of anilines is 2. The summed E-state index contributed by atoms with van der Waals surface area (Å²) in [6.07, 6.45) is 0.